The molecule has 4 heteroatoms. The number of nitrogens with zero attached hydrogens (tertiary/aromatic N) is 1. The van der Waals surface area contributed by atoms with Crippen molar-refractivity contribution >= 4 is 22.4 Å². The Kier molecular flexibility index (Phi) is 2.25. The van der Waals surface area contributed by atoms with E-state index in [-0.39, 0.29) is 5.97 Å². The molecule has 0 unspecified atom stereocenters. The van der Waals surface area contributed by atoms with E-state index in [1.807, 2.05) is 6.07 Å². The number of hydrogen-bond donors (Lipinski definition) is 1. The van der Waals surface area contributed by atoms with E-state index in [0.29, 0.717) is 11.4 Å². The third-order valence-corrected chi connectivity index (χ3v) is 2.05. The van der Waals surface area contributed by atoms with Crippen LogP contribution in [-0.4, -0.2) is 11.0 Å². The Morgan fingerprint density at radius 3 is 2.87 bits per heavy atom. The first-order chi connectivity index (χ1) is 7.18. The fraction of sp³-hybridized carbons (Fsp3) is 0.0909. The quantitative estimate of drug-likeness (QED) is 0.565. The van der Waals surface area contributed by atoms with Gasteiger partial charge in [0.05, 0.1) is 11.9 Å². The van der Waals surface area contributed by atoms with Gasteiger partial charge in [0.2, 0.25) is 0 Å². The van der Waals surface area contributed by atoms with Gasteiger partial charge in [-0.15, -0.1) is 0 Å². The number of anilines is 1. The lowest BCUT2D eigenvalue weighted by Crippen LogP contribution is -2.02. The largest absolute Gasteiger partial charge is 0.426 e. The molecule has 4 nitrogen and oxygen atoms in total. The molecule has 2 N–H and O–H groups in total. The number of nitrogen functional groups attached to an aromatic ring is 1. The number of aromatic nitrogens is 1. The van der Waals surface area contributed by atoms with E-state index in [9.17, 15) is 4.79 Å². The summed E-state index contributed by atoms with van der Waals surface area (Å²) in [6, 6.07) is 5.36. The summed E-state index contributed by atoms with van der Waals surface area (Å²) < 4.78 is 5.05. The van der Waals surface area contributed by atoms with Gasteiger partial charge in [-0.05, 0) is 6.07 Å². The molecule has 0 radical (unpaired) electrons. The van der Waals surface area contributed by atoms with Crippen molar-refractivity contribution < 1.29 is 9.53 Å². The number of hydrogen-bond acceptors (Lipinski definition) is 4. The maximum Gasteiger partial charge on any atom is 0.308 e. The predicted molar refractivity (Wildman–Crippen MR) is 57.5 cm³/mol. The van der Waals surface area contributed by atoms with Gasteiger partial charge in [-0.25, -0.2) is 0 Å². The molecule has 0 aliphatic heterocycles. The smallest absolute Gasteiger partial charge is 0.308 e. The number of esters is 1. The lowest BCUT2D eigenvalue weighted by atomic mass is 10.1. The number of ether oxygens (including phenoxy) is 1. The first-order valence-corrected chi connectivity index (χ1v) is 4.49. The second-order valence-corrected chi connectivity index (χ2v) is 3.17. The number of benzene rings is 1. The molecule has 15 heavy (non-hydrogen) atoms. The number of carbonyl (C=O) groups is 1. The molecule has 0 aliphatic carbocycles. The van der Waals surface area contributed by atoms with Gasteiger partial charge >= 0.3 is 5.97 Å². The molecule has 0 saturated carbocycles. The molecular weight excluding hydrogens is 192 g/mol. The van der Waals surface area contributed by atoms with E-state index in [0.717, 1.165) is 10.8 Å². The van der Waals surface area contributed by atoms with Crippen LogP contribution in [0.1, 0.15) is 6.92 Å². The minimum Gasteiger partial charge on any atom is -0.426 e. The van der Waals surface area contributed by atoms with Crippen molar-refractivity contribution in [2.75, 3.05) is 5.73 Å². The molecule has 0 spiro atoms. The summed E-state index contributed by atoms with van der Waals surface area (Å²) in [5, 5.41) is 1.58. The van der Waals surface area contributed by atoms with Crippen LogP contribution in [-0.2, 0) is 4.79 Å². The highest BCUT2D eigenvalue weighted by atomic mass is 16.5. The number of fused-ring (bicyclic) bond motifs is 1. The zero-order valence-electron chi connectivity index (χ0n) is 8.23. The molecule has 0 saturated heterocycles. The van der Waals surface area contributed by atoms with Crippen molar-refractivity contribution in [2.45, 2.75) is 6.92 Å². The van der Waals surface area contributed by atoms with Crippen LogP contribution in [0.4, 0.5) is 5.69 Å². The van der Waals surface area contributed by atoms with Crippen molar-refractivity contribution in [3.63, 3.8) is 0 Å². The van der Waals surface area contributed by atoms with E-state index in [4.69, 9.17) is 10.5 Å². The Balaban J connectivity index is 2.65. The molecule has 1 heterocycles. The van der Waals surface area contributed by atoms with Crippen molar-refractivity contribution in [1.82, 2.24) is 4.98 Å². The van der Waals surface area contributed by atoms with Crippen molar-refractivity contribution in [3.05, 3.63) is 30.6 Å². The minimum absolute atomic E-state index is 0.357. The van der Waals surface area contributed by atoms with Crippen molar-refractivity contribution in [2.24, 2.45) is 0 Å². The highest BCUT2D eigenvalue weighted by Crippen LogP contribution is 2.28. The molecule has 0 aliphatic rings. The summed E-state index contributed by atoms with van der Waals surface area (Å²) in [7, 11) is 0. The molecule has 1 aromatic heterocycles. The fourth-order valence-electron chi connectivity index (χ4n) is 1.43. The van der Waals surface area contributed by atoms with Gasteiger partial charge in [0.1, 0.15) is 5.75 Å². The lowest BCUT2D eigenvalue weighted by molar-refractivity contribution is -0.131. The van der Waals surface area contributed by atoms with Crippen LogP contribution in [0, 0.1) is 0 Å². The Hall–Kier alpha value is -2.10. The Labute approximate surface area is 86.7 Å². The third-order valence-electron chi connectivity index (χ3n) is 2.05. The van der Waals surface area contributed by atoms with Crippen LogP contribution in [0.3, 0.4) is 0 Å². The van der Waals surface area contributed by atoms with Crippen molar-refractivity contribution in [1.29, 1.82) is 0 Å². The molecule has 0 atom stereocenters. The summed E-state index contributed by atoms with van der Waals surface area (Å²) in [6.45, 7) is 1.36. The predicted octanol–water partition coefficient (Wildman–Crippen LogP) is 1.74. The van der Waals surface area contributed by atoms with Crippen molar-refractivity contribution in [3.8, 4) is 5.75 Å². The fourth-order valence-corrected chi connectivity index (χ4v) is 1.43. The maximum atomic E-state index is 10.9. The van der Waals surface area contributed by atoms with Gasteiger partial charge in [0, 0.05) is 23.9 Å². The number of nitrogens with two attached hydrogens (primary N) is 1. The van der Waals surface area contributed by atoms with E-state index in [1.54, 1.807) is 24.5 Å². The van der Waals surface area contributed by atoms with Gasteiger partial charge in [0.15, 0.2) is 0 Å². The average molecular weight is 202 g/mol. The second kappa shape index (κ2) is 3.57. The molecule has 0 bridgehead atoms. The standard InChI is InChI=1S/C11H10N2O2/c1-7(14)15-11-4-2-3-8-9(11)5-13-6-10(8)12/h2-6H,12H2,1H3. The third kappa shape index (κ3) is 1.74. The normalized spacial score (nSPS) is 10.2. The van der Waals surface area contributed by atoms with E-state index in [2.05, 4.69) is 4.98 Å². The van der Waals surface area contributed by atoms with Crippen LogP contribution in [0.15, 0.2) is 30.6 Å². The molecule has 2 rings (SSSR count). The van der Waals surface area contributed by atoms with E-state index in [1.165, 1.54) is 6.92 Å². The van der Waals surface area contributed by atoms with Gasteiger partial charge < -0.3 is 10.5 Å². The summed E-state index contributed by atoms with van der Waals surface area (Å²) in [5.41, 5.74) is 6.32. The highest BCUT2D eigenvalue weighted by molar-refractivity contribution is 5.96. The van der Waals surface area contributed by atoms with Gasteiger partial charge in [-0.3, -0.25) is 9.78 Å². The number of carbonyl (C=O) groups excluding carboxylic acids is 1. The molecule has 0 amide bonds. The number of rotatable bonds is 1. The van der Waals surface area contributed by atoms with Gasteiger partial charge in [-0.2, -0.15) is 0 Å². The highest BCUT2D eigenvalue weighted by Gasteiger charge is 2.06. The van der Waals surface area contributed by atoms with Crippen LogP contribution < -0.4 is 10.5 Å². The summed E-state index contributed by atoms with van der Waals surface area (Å²) >= 11 is 0. The van der Waals surface area contributed by atoms with Gasteiger partial charge in [0.25, 0.3) is 0 Å². The molecule has 1 aromatic carbocycles. The molecule has 76 valence electrons. The molecule has 2 aromatic rings. The summed E-state index contributed by atoms with van der Waals surface area (Å²) in [6.07, 6.45) is 3.20. The first kappa shape index (κ1) is 9.45. The van der Waals surface area contributed by atoms with Crippen LogP contribution in [0.5, 0.6) is 5.75 Å². The maximum absolute atomic E-state index is 10.9. The lowest BCUT2D eigenvalue weighted by Gasteiger charge is -2.06. The monoisotopic (exact) mass is 202 g/mol. The summed E-state index contributed by atoms with van der Waals surface area (Å²) in [5.74, 6) is 0.129. The Morgan fingerprint density at radius 2 is 2.13 bits per heavy atom. The van der Waals surface area contributed by atoms with Crippen LogP contribution in [0.25, 0.3) is 10.8 Å². The van der Waals surface area contributed by atoms with Crippen LogP contribution in [0.2, 0.25) is 0 Å². The molecule has 0 fully saturated rings. The zero-order chi connectivity index (χ0) is 10.8. The van der Waals surface area contributed by atoms with E-state index >= 15 is 0 Å². The second-order valence-electron chi connectivity index (χ2n) is 3.17. The first-order valence-electron chi connectivity index (χ1n) is 4.49. The average Bonchev–Trinajstić information content (AvgIpc) is 2.19. The number of pyridine rings is 1. The minimum atomic E-state index is -0.357. The zero-order valence-corrected chi connectivity index (χ0v) is 8.23. The van der Waals surface area contributed by atoms with Gasteiger partial charge in [-0.1, -0.05) is 12.1 Å². The molecular formula is C11H10N2O2. The SMILES string of the molecule is CC(=O)Oc1cccc2c(N)cncc12. The Morgan fingerprint density at radius 1 is 1.33 bits per heavy atom. The summed E-state index contributed by atoms with van der Waals surface area (Å²) in [4.78, 5) is 14.8. The van der Waals surface area contributed by atoms with Crippen LogP contribution >= 0.6 is 0 Å². The topological polar surface area (TPSA) is 65.2 Å². The Bertz CT molecular complexity index is 523. The van der Waals surface area contributed by atoms with E-state index < -0.39 is 0 Å².